The summed E-state index contributed by atoms with van der Waals surface area (Å²) in [5, 5.41) is 7.79. The molecule has 0 aromatic rings. The van der Waals surface area contributed by atoms with Gasteiger partial charge in [0.05, 0.1) is 13.2 Å². The minimum atomic E-state index is 0. The monoisotopic (exact) mass is 541 g/mol. The average molecular weight is 542 g/mol. The Morgan fingerprint density at radius 1 is 1.28 bits per heavy atom. The summed E-state index contributed by atoms with van der Waals surface area (Å²) in [6.07, 6.45) is 5.98. The van der Waals surface area contributed by atoms with Crippen molar-refractivity contribution < 1.29 is 9.53 Å². The highest BCUT2D eigenvalue weighted by molar-refractivity contribution is 14.0. The first-order valence-electron chi connectivity index (χ1n) is 10.7. The molecule has 2 aliphatic rings. The molecule has 1 aliphatic carbocycles. The zero-order valence-electron chi connectivity index (χ0n) is 18.3. The maximum Gasteiger partial charge on any atom is 0.243 e. The third-order valence-electron chi connectivity index (χ3n) is 5.29. The lowest BCUT2D eigenvalue weighted by Gasteiger charge is -2.30. The number of rotatable bonds is 9. The van der Waals surface area contributed by atoms with E-state index in [-0.39, 0.29) is 36.4 Å². The van der Waals surface area contributed by atoms with Gasteiger partial charge in [-0.3, -0.25) is 9.69 Å². The van der Waals surface area contributed by atoms with Crippen LogP contribution >= 0.6 is 35.7 Å². The molecule has 1 aliphatic heterocycles. The smallest absolute Gasteiger partial charge is 0.243 e. The number of ether oxygens (including phenoxy) is 1. The Morgan fingerprint density at radius 2 is 2.03 bits per heavy atom. The lowest BCUT2D eigenvalue weighted by Crippen LogP contribution is -2.47. The molecule has 2 rings (SSSR count). The predicted molar refractivity (Wildman–Crippen MR) is 134 cm³/mol. The molecule has 7 nitrogen and oxygen atoms in total. The maximum atomic E-state index is 12.0. The number of thioether (sulfide) groups is 1. The van der Waals surface area contributed by atoms with Gasteiger partial charge in [0.2, 0.25) is 5.91 Å². The zero-order chi connectivity index (χ0) is 20.2. The molecule has 0 bridgehead atoms. The average Bonchev–Trinajstić information content (AvgIpc) is 2.70. The van der Waals surface area contributed by atoms with Crippen molar-refractivity contribution in [3.05, 3.63) is 0 Å². The van der Waals surface area contributed by atoms with Crippen molar-refractivity contribution in [2.75, 3.05) is 65.8 Å². The van der Waals surface area contributed by atoms with E-state index in [0.29, 0.717) is 6.04 Å². The van der Waals surface area contributed by atoms with Crippen LogP contribution in [-0.2, 0) is 9.53 Å². The summed E-state index contributed by atoms with van der Waals surface area (Å²) in [6, 6.07) is 0.442. The van der Waals surface area contributed by atoms with Gasteiger partial charge in [-0.2, -0.15) is 11.8 Å². The third-order valence-corrected chi connectivity index (χ3v) is 6.52. The van der Waals surface area contributed by atoms with E-state index < -0.39 is 0 Å². The molecule has 2 atom stereocenters. The Balaban J connectivity index is 0.00000420. The molecular weight excluding hydrogens is 501 g/mol. The van der Waals surface area contributed by atoms with Crippen LogP contribution in [-0.4, -0.2) is 98.7 Å². The van der Waals surface area contributed by atoms with Crippen molar-refractivity contribution in [3.8, 4) is 0 Å². The standard InChI is InChI=1S/C20H39N5O2S.HI/c1-4-28-18-8-5-7-17(15-18)23-20(22-16-19(26)24(2)3)21-9-6-10-25-11-13-27-14-12-25;/h17-18H,4-16H2,1-3H3,(H2,21,22,23);1H. The first kappa shape index (κ1) is 26.8. The van der Waals surface area contributed by atoms with E-state index in [1.807, 2.05) is 0 Å². The minimum Gasteiger partial charge on any atom is -0.379 e. The van der Waals surface area contributed by atoms with E-state index in [1.165, 1.54) is 31.4 Å². The highest BCUT2D eigenvalue weighted by Gasteiger charge is 2.22. The Bertz CT molecular complexity index is 487. The van der Waals surface area contributed by atoms with Crippen molar-refractivity contribution in [1.82, 2.24) is 20.4 Å². The lowest BCUT2D eigenvalue weighted by atomic mass is 9.95. The van der Waals surface area contributed by atoms with Gasteiger partial charge >= 0.3 is 0 Å². The third kappa shape index (κ3) is 11.1. The summed E-state index contributed by atoms with van der Waals surface area (Å²) < 4.78 is 5.40. The van der Waals surface area contributed by atoms with Gasteiger partial charge in [0.25, 0.3) is 0 Å². The Kier molecular flexibility index (Phi) is 14.3. The number of halogens is 1. The maximum absolute atomic E-state index is 12.0. The molecule has 2 fully saturated rings. The summed E-state index contributed by atoms with van der Waals surface area (Å²) in [5.74, 6) is 1.98. The topological polar surface area (TPSA) is 69.2 Å². The lowest BCUT2D eigenvalue weighted by molar-refractivity contribution is -0.127. The quantitative estimate of drug-likeness (QED) is 0.202. The molecular formula is C20H40IN5O2S. The number of guanidine groups is 1. The molecule has 1 amide bonds. The van der Waals surface area contributed by atoms with E-state index in [2.05, 4.69) is 39.2 Å². The van der Waals surface area contributed by atoms with Crippen LogP contribution in [0.1, 0.15) is 39.0 Å². The molecule has 2 N–H and O–H groups in total. The summed E-state index contributed by atoms with van der Waals surface area (Å²) in [6.45, 7) is 8.07. The normalized spacial score (nSPS) is 23.2. The van der Waals surface area contributed by atoms with Crippen LogP contribution in [0.3, 0.4) is 0 Å². The molecule has 0 radical (unpaired) electrons. The van der Waals surface area contributed by atoms with Crippen LogP contribution in [0.25, 0.3) is 0 Å². The molecule has 0 aromatic heterocycles. The van der Waals surface area contributed by atoms with E-state index in [4.69, 9.17) is 4.74 Å². The van der Waals surface area contributed by atoms with Crippen LogP contribution in [0.5, 0.6) is 0 Å². The fourth-order valence-corrected chi connectivity index (χ4v) is 4.80. The molecule has 0 spiro atoms. The Hall–Kier alpha value is -0.260. The van der Waals surface area contributed by atoms with E-state index in [0.717, 1.165) is 57.0 Å². The van der Waals surface area contributed by atoms with Gasteiger partial charge in [-0.15, -0.1) is 24.0 Å². The van der Waals surface area contributed by atoms with Gasteiger partial charge in [0.1, 0.15) is 6.54 Å². The molecule has 9 heteroatoms. The van der Waals surface area contributed by atoms with E-state index >= 15 is 0 Å². The van der Waals surface area contributed by atoms with Crippen molar-refractivity contribution in [2.24, 2.45) is 4.99 Å². The summed E-state index contributed by atoms with van der Waals surface area (Å²) in [4.78, 5) is 20.5. The second-order valence-electron chi connectivity index (χ2n) is 7.77. The van der Waals surface area contributed by atoms with Crippen LogP contribution in [0.2, 0.25) is 0 Å². The first-order chi connectivity index (χ1) is 13.6. The minimum absolute atomic E-state index is 0. The number of nitrogens with zero attached hydrogens (tertiary/aromatic N) is 3. The van der Waals surface area contributed by atoms with Crippen LogP contribution in [0.4, 0.5) is 0 Å². The summed E-state index contributed by atoms with van der Waals surface area (Å²) >= 11 is 2.07. The fourth-order valence-electron chi connectivity index (χ4n) is 3.63. The summed E-state index contributed by atoms with van der Waals surface area (Å²) in [7, 11) is 3.54. The molecule has 0 aromatic carbocycles. The van der Waals surface area contributed by atoms with Gasteiger partial charge in [-0.25, -0.2) is 4.99 Å². The number of hydrogen-bond donors (Lipinski definition) is 2. The van der Waals surface area contributed by atoms with Crippen LogP contribution < -0.4 is 10.6 Å². The first-order valence-corrected chi connectivity index (χ1v) is 11.8. The number of likely N-dealkylation sites (N-methyl/N-ethyl adjacent to an activating group) is 1. The van der Waals surface area contributed by atoms with Crippen molar-refractivity contribution in [2.45, 2.75) is 50.3 Å². The second kappa shape index (κ2) is 15.5. The largest absolute Gasteiger partial charge is 0.379 e. The van der Waals surface area contributed by atoms with E-state index in [1.54, 1.807) is 19.0 Å². The molecule has 170 valence electrons. The van der Waals surface area contributed by atoms with Crippen LogP contribution in [0.15, 0.2) is 4.99 Å². The Morgan fingerprint density at radius 3 is 2.72 bits per heavy atom. The summed E-state index contributed by atoms with van der Waals surface area (Å²) in [5.41, 5.74) is 0. The highest BCUT2D eigenvalue weighted by atomic mass is 127. The van der Waals surface area contributed by atoms with Gasteiger partial charge in [0.15, 0.2) is 5.96 Å². The number of nitrogens with one attached hydrogen (secondary N) is 2. The number of aliphatic imine (C=N–C) groups is 1. The SMILES string of the molecule is CCSC1CCCC(NC(=NCC(=O)N(C)C)NCCCN2CCOCC2)C1.I. The number of morpholine rings is 1. The fraction of sp³-hybridized carbons (Fsp3) is 0.900. The van der Waals surface area contributed by atoms with Crippen molar-refractivity contribution in [1.29, 1.82) is 0 Å². The number of hydrogen-bond acceptors (Lipinski definition) is 5. The second-order valence-corrected chi connectivity index (χ2v) is 9.35. The zero-order valence-corrected chi connectivity index (χ0v) is 21.5. The van der Waals surface area contributed by atoms with Gasteiger partial charge in [-0.1, -0.05) is 13.3 Å². The molecule has 29 heavy (non-hydrogen) atoms. The van der Waals surface area contributed by atoms with Gasteiger partial charge < -0.3 is 20.3 Å². The van der Waals surface area contributed by atoms with Crippen molar-refractivity contribution >= 4 is 47.6 Å². The van der Waals surface area contributed by atoms with E-state index in [9.17, 15) is 4.79 Å². The predicted octanol–water partition coefficient (Wildman–Crippen LogP) is 2.01. The molecule has 1 saturated heterocycles. The molecule has 1 saturated carbocycles. The molecule has 2 unspecified atom stereocenters. The van der Waals surface area contributed by atoms with Crippen LogP contribution in [0, 0.1) is 0 Å². The molecule has 1 heterocycles. The van der Waals surface area contributed by atoms with Crippen molar-refractivity contribution in [3.63, 3.8) is 0 Å². The highest BCUT2D eigenvalue weighted by Crippen LogP contribution is 2.28. The Labute approximate surface area is 198 Å². The number of carbonyl (C=O) groups is 1. The van der Waals surface area contributed by atoms with Gasteiger partial charge in [0, 0.05) is 45.0 Å². The van der Waals surface area contributed by atoms with Gasteiger partial charge in [-0.05, 0) is 38.0 Å². The number of carbonyl (C=O) groups excluding carboxylic acids is 1. The number of amides is 1.